The molecule has 2 heterocycles. The molecule has 0 unspecified atom stereocenters. The van der Waals surface area contributed by atoms with Crippen LogP contribution in [0.4, 0.5) is 36.6 Å². The summed E-state index contributed by atoms with van der Waals surface area (Å²) >= 11 is 0. The Morgan fingerprint density at radius 2 is 1.79 bits per heavy atom. The molecule has 1 aliphatic heterocycles. The molecule has 1 aromatic heterocycles. The number of halogens is 7. The maximum Gasteiger partial charge on any atom is 0.391 e. The molecule has 14 heteroatoms. The Hall–Kier alpha value is -2.85. The molecule has 0 aromatic carbocycles. The lowest BCUT2D eigenvalue weighted by atomic mass is 9.96. The molecule has 1 saturated heterocycles. The lowest BCUT2D eigenvalue weighted by Gasteiger charge is -2.34. The van der Waals surface area contributed by atoms with Crippen LogP contribution in [0.3, 0.4) is 0 Å². The fourth-order valence-electron chi connectivity index (χ4n) is 3.83. The van der Waals surface area contributed by atoms with Crippen molar-refractivity contribution in [2.45, 2.75) is 69.4 Å². The van der Waals surface area contributed by atoms with Crippen molar-refractivity contribution in [2.75, 3.05) is 18.0 Å². The Morgan fingerprint density at radius 1 is 1.18 bits per heavy atom. The van der Waals surface area contributed by atoms with E-state index in [1.807, 2.05) is 6.07 Å². The Morgan fingerprint density at radius 3 is 2.29 bits per heavy atom. The summed E-state index contributed by atoms with van der Waals surface area (Å²) in [5.74, 6) is -4.63. The third kappa shape index (κ3) is 6.18. The molecule has 1 saturated carbocycles. The number of anilines is 1. The molecule has 0 spiro atoms. The topological polar surface area (TPSA) is 91.0 Å². The number of carbonyl (C=O) groups excluding carboxylic acids is 1. The highest BCUT2D eigenvalue weighted by atomic mass is 19.4. The largest absolute Gasteiger partial charge is 0.391 e. The molecule has 2 fully saturated rings. The van der Waals surface area contributed by atoms with Gasteiger partial charge < -0.3 is 10.2 Å². The number of amides is 1. The third-order valence-corrected chi connectivity index (χ3v) is 5.94. The van der Waals surface area contributed by atoms with Crippen LogP contribution in [-0.4, -0.2) is 46.4 Å². The predicted molar refractivity (Wildman–Crippen MR) is 104 cm³/mol. The SMILES string of the molecule is N#CC1(NC(=O)Cn2c(CCCC(F)(F)F)nc(N3CCC(C(F)(F)F)CC3)c(F)c2=O)CC1. The smallest absolute Gasteiger partial charge is 0.354 e. The van der Waals surface area contributed by atoms with Gasteiger partial charge in [0.15, 0.2) is 5.82 Å². The van der Waals surface area contributed by atoms with E-state index in [1.54, 1.807) is 0 Å². The second-order valence-corrected chi connectivity index (χ2v) is 8.57. The second kappa shape index (κ2) is 9.42. The van der Waals surface area contributed by atoms with Gasteiger partial charge in [0, 0.05) is 25.9 Å². The lowest BCUT2D eigenvalue weighted by molar-refractivity contribution is -0.179. The van der Waals surface area contributed by atoms with E-state index in [4.69, 9.17) is 5.26 Å². The Kier molecular flexibility index (Phi) is 7.14. The average Bonchev–Trinajstić information content (AvgIpc) is 3.51. The lowest BCUT2D eigenvalue weighted by Crippen LogP contribution is -2.43. The van der Waals surface area contributed by atoms with E-state index in [-0.39, 0.29) is 31.8 Å². The molecule has 188 valence electrons. The molecule has 34 heavy (non-hydrogen) atoms. The number of nitriles is 1. The molecule has 7 nitrogen and oxygen atoms in total. The van der Waals surface area contributed by atoms with Crippen LogP contribution < -0.4 is 15.8 Å². The van der Waals surface area contributed by atoms with E-state index in [1.165, 1.54) is 0 Å². The van der Waals surface area contributed by atoms with E-state index in [2.05, 4.69) is 10.3 Å². The zero-order valence-corrected chi connectivity index (χ0v) is 17.9. The molecular weight excluding hydrogens is 475 g/mol. The first kappa shape index (κ1) is 25.8. The van der Waals surface area contributed by atoms with Gasteiger partial charge >= 0.3 is 12.4 Å². The van der Waals surface area contributed by atoms with Crippen LogP contribution >= 0.6 is 0 Å². The molecule has 3 rings (SSSR count). The minimum absolute atomic E-state index is 0.245. The van der Waals surface area contributed by atoms with Crippen LogP contribution in [0.1, 0.15) is 44.3 Å². The number of aromatic nitrogens is 2. The number of rotatable bonds is 7. The van der Waals surface area contributed by atoms with Crippen molar-refractivity contribution in [2.24, 2.45) is 5.92 Å². The second-order valence-electron chi connectivity index (χ2n) is 8.57. The van der Waals surface area contributed by atoms with E-state index in [0.717, 1.165) is 4.90 Å². The van der Waals surface area contributed by atoms with Gasteiger partial charge in [-0.25, -0.2) is 4.98 Å². The van der Waals surface area contributed by atoms with Crippen LogP contribution in [0.5, 0.6) is 0 Å². The van der Waals surface area contributed by atoms with Gasteiger partial charge in [-0.3, -0.25) is 14.2 Å². The number of hydrogen-bond donors (Lipinski definition) is 1. The number of nitrogens with one attached hydrogen (secondary N) is 1. The fraction of sp³-hybridized carbons (Fsp3) is 0.700. The van der Waals surface area contributed by atoms with Crippen LogP contribution in [0.25, 0.3) is 0 Å². The highest BCUT2D eigenvalue weighted by Crippen LogP contribution is 2.36. The summed E-state index contributed by atoms with van der Waals surface area (Å²) in [6.07, 6.45) is -11.0. The molecule has 0 radical (unpaired) electrons. The summed E-state index contributed by atoms with van der Waals surface area (Å²) in [5, 5.41) is 11.5. The van der Waals surface area contributed by atoms with Gasteiger partial charge in [0.1, 0.15) is 17.9 Å². The van der Waals surface area contributed by atoms with Crippen LogP contribution in [0, 0.1) is 23.1 Å². The molecule has 0 bridgehead atoms. The van der Waals surface area contributed by atoms with Gasteiger partial charge in [-0.2, -0.15) is 36.0 Å². The summed E-state index contributed by atoms with van der Waals surface area (Å²) in [4.78, 5) is 30.1. The summed E-state index contributed by atoms with van der Waals surface area (Å²) in [6, 6.07) is 1.91. The van der Waals surface area contributed by atoms with Gasteiger partial charge in [0.05, 0.1) is 12.0 Å². The zero-order chi connectivity index (χ0) is 25.3. The van der Waals surface area contributed by atoms with Crippen molar-refractivity contribution in [3.05, 3.63) is 22.0 Å². The standard InChI is InChI=1S/C20H22F7N5O2/c21-15-16(31-8-3-12(4-9-31)20(25,26)27)29-13(2-1-5-19(22,23)24)32(17(15)34)10-14(33)30-18(11-28)6-7-18/h12H,1-10H2,(H,30,33). The molecular formula is C20H22F7N5O2. The Bertz CT molecular complexity index is 1020. The number of alkyl halides is 6. The van der Waals surface area contributed by atoms with Crippen LogP contribution in [0.15, 0.2) is 4.79 Å². The summed E-state index contributed by atoms with van der Waals surface area (Å²) in [6.45, 7) is -1.25. The average molecular weight is 497 g/mol. The number of carbonyl (C=O) groups is 1. The number of nitrogens with zero attached hydrogens (tertiary/aromatic N) is 4. The van der Waals surface area contributed by atoms with Crippen LogP contribution in [0.2, 0.25) is 0 Å². The number of piperidine rings is 1. The van der Waals surface area contributed by atoms with Crippen molar-refractivity contribution in [1.82, 2.24) is 14.9 Å². The molecule has 0 atom stereocenters. The zero-order valence-electron chi connectivity index (χ0n) is 17.9. The summed E-state index contributed by atoms with van der Waals surface area (Å²) in [7, 11) is 0. The van der Waals surface area contributed by atoms with Gasteiger partial charge in [-0.05, 0) is 32.1 Å². The summed E-state index contributed by atoms with van der Waals surface area (Å²) < 4.78 is 92.1. The van der Waals surface area contributed by atoms with Gasteiger partial charge in [-0.1, -0.05) is 0 Å². The molecule has 2 aliphatic rings. The monoisotopic (exact) mass is 497 g/mol. The minimum atomic E-state index is -4.49. The third-order valence-electron chi connectivity index (χ3n) is 5.94. The molecule has 1 aromatic rings. The molecule has 1 N–H and O–H groups in total. The van der Waals surface area contributed by atoms with Gasteiger partial charge in [0.2, 0.25) is 11.7 Å². The van der Waals surface area contributed by atoms with Gasteiger partial charge in [-0.15, -0.1) is 0 Å². The highest BCUT2D eigenvalue weighted by Gasteiger charge is 2.45. The Labute approximate surface area is 189 Å². The maximum atomic E-state index is 14.9. The fourth-order valence-corrected chi connectivity index (χ4v) is 3.83. The minimum Gasteiger partial charge on any atom is -0.354 e. The number of hydrogen-bond acceptors (Lipinski definition) is 5. The quantitative estimate of drug-likeness (QED) is 0.585. The van der Waals surface area contributed by atoms with Crippen molar-refractivity contribution >= 4 is 11.7 Å². The van der Waals surface area contributed by atoms with E-state index in [9.17, 15) is 40.3 Å². The number of aryl methyl sites for hydroxylation is 1. The highest BCUT2D eigenvalue weighted by molar-refractivity contribution is 5.77. The van der Waals surface area contributed by atoms with Crippen molar-refractivity contribution in [1.29, 1.82) is 5.26 Å². The Balaban J connectivity index is 1.86. The first-order valence-corrected chi connectivity index (χ1v) is 10.6. The maximum absolute atomic E-state index is 14.9. The molecule has 1 amide bonds. The van der Waals surface area contributed by atoms with E-state index >= 15 is 0 Å². The normalized spacial score (nSPS) is 18.5. The van der Waals surface area contributed by atoms with E-state index in [0.29, 0.717) is 17.4 Å². The first-order valence-electron chi connectivity index (χ1n) is 10.6. The van der Waals surface area contributed by atoms with Crippen molar-refractivity contribution in [3.8, 4) is 6.07 Å². The van der Waals surface area contributed by atoms with Crippen LogP contribution in [-0.2, 0) is 17.8 Å². The predicted octanol–water partition coefficient (Wildman–Crippen LogP) is 3.22. The van der Waals surface area contributed by atoms with Crippen molar-refractivity contribution in [3.63, 3.8) is 0 Å². The van der Waals surface area contributed by atoms with Gasteiger partial charge in [0.25, 0.3) is 5.56 Å². The van der Waals surface area contributed by atoms with Crippen molar-refractivity contribution < 1.29 is 35.5 Å². The molecule has 1 aliphatic carbocycles. The first-order chi connectivity index (χ1) is 15.7. The van der Waals surface area contributed by atoms with E-state index < -0.39 is 72.7 Å². The summed E-state index contributed by atoms with van der Waals surface area (Å²) in [5.41, 5.74) is -2.40.